The van der Waals surface area contributed by atoms with Crippen LogP contribution in [-0.2, 0) is 10.0 Å². The maximum atomic E-state index is 12.1. The lowest BCUT2D eigenvalue weighted by Crippen LogP contribution is -2.29. The summed E-state index contributed by atoms with van der Waals surface area (Å²) in [5.41, 5.74) is 6.75. The Hall–Kier alpha value is -0.910. The van der Waals surface area contributed by atoms with E-state index in [0.29, 0.717) is 11.4 Å². The normalized spacial score (nSPS) is 19.5. The minimum atomic E-state index is -3.42. The van der Waals surface area contributed by atoms with Gasteiger partial charge in [0.15, 0.2) is 0 Å². The lowest BCUT2D eigenvalue weighted by Gasteiger charge is -2.12. The van der Waals surface area contributed by atoms with Gasteiger partial charge in [-0.05, 0) is 42.9 Å². The van der Waals surface area contributed by atoms with Crippen molar-refractivity contribution < 1.29 is 8.42 Å². The van der Waals surface area contributed by atoms with Crippen molar-refractivity contribution >= 4 is 10.0 Å². The highest BCUT2D eigenvalue weighted by atomic mass is 32.2. The first-order valence-corrected chi connectivity index (χ1v) is 7.66. The molecule has 0 radical (unpaired) electrons. The quantitative estimate of drug-likeness (QED) is 0.855. The van der Waals surface area contributed by atoms with E-state index >= 15 is 0 Å². The second-order valence-corrected chi connectivity index (χ2v) is 7.26. The SMILES string of the molecule is CC(N)c1cccc(S(=O)(=O)NCC2(C)CC2)c1. The monoisotopic (exact) mass is 268 g/mol. The van der Waals surface area contributed by atoms with Crippen molar-refractivity contribution in [2.75, 3.05) is 6.54 Å². The fourth-order valence-corrected chi connectivity index (χ4v) is 2.96. The first-order chi connectivity index (χ1) is 8.32. The third kappa shape index (κ3) is 3.10. The molecule has 0 aliphatic heterocycles. The van der Waals surface area contributed by atoms with E-state index in [1.54, 1.807) is 18.2 Å². The van der Waals surface area contributed by atoms with Crippen LogP contribution in [0.15, 0.2) is 29.2 Å². The van der Waals surface area contributed by atoms with Gasteiger partial charge in [0.1, 0.15) is 0 Å². The Morgan fingerprint density at radius 3 is 2.67 bits per heavy atom. The molecule has 4 nitrogen and oxygen atoms in total. The van der Waals surface area contributed by atoms with Crippen LogP contribution in [0.25, 0.3) is 0 Å². The van der Waals surface area contributed by atoms with Gasteiger partial charge >= 0.3 is 0 Å². The van der Waals surface area contributed by atoms with Crippen LogP contribution in [0.4, 0.5) is 0 Å². The van der Waals surface area contributed by atoms with E-state index in [-0.39, 0.29) is 11.5 Å². The van der Waals surface area contributed by atoms with E-state index in [9.17, 15) is 8.42 Å². The Morgan fingerprint density at radius 1 is 1.44 bits per heavy atom. The molecule has 18 heavy (non-hydrogen) atoms. The van der Waals surface area contributed by atoms with E-state index < -0.39 is 10.0 Å². The van der Waals surface area contributed by atoms with Crippen molar-refractivity contribution in [1.82, 2.24) is 4.72 Å². The molecule has 0 amide bonds. The van der Waals surface area contributed by atoms with Crippen LogP contribution in [0.2, 0.25) is 0 Å². The van der Waals surface area contributed by atoms with Crippen molar-refractivity contribution in [3.8, 4) is 0 Å². The molecule has 5 heteroatoms. The van der Waals surface area contributed by atoms with Crippen LogP contribution < -0.4 is 10.5 Å². The minimum Gasteiger partial charge on any atom is -0.324 e. The van der Waals surface area contributed by atoms with Gasteiger partial charge in [-0.25, -0.2) is 13.1 Å². The zero-order valence-corrected chi connectivity index (χ0v) is 11.6. The second-order valence-electron chi connectivity index (χ2n) is 5.50. The average molecular weight is 268 g/mol. The van der Waals surface area contributed by atoms with Gasteiger partial charge in [0.25, 0.3) is 0 Å². The number of rotatable bonds is 5. The molecule has 100 valence electrons. The zero-order valence-electron chi connectivity index (χ0n) is 10.8. The molecule has 1 aromatic rings. The molecule has 1 saturated carbocycles. The predicted molar refractivity (Wildman–Crippen MR) is 71.6 cm³/mol. The third-order valence-corrected chi connectivity index (χ3v) is 4.89. The summed E-state index contributed by atoms with van der Waals surface area (Å²) in [5, 5.41) is 0. The topological polar surface area (TPSA) is 72.2 Å². The van der Waals surface area contributed by atoms with Crippen LogP contribution in [0.1, 0.15) is 38.3 Å². The first-order valence-electron chi connectivity index (χ1n) is 6.18. The Kier molecular flexibility index (Phi) is 3.49. The molecule has 3 N–H and O–H groups in total. The van der Waals surface area contributed by atoms with Gasteiger partial charge in [-0.1, -0.05) is 19.1 Å². The molecule has 0 spiro atoms. The molecule has 1 atom stereocenters. The Morgan fingerprint density at radius 2 is 2.11 bits per heavy atom. The summed E-state index contributed by atoms with van der Waals surface area (Å²) >= 11 is 0. The molecule has 2 rings (SSSR count). The summed E-state index contributed by atoms with van der Waals surface area (Å²) in [5.74, 6) is 0. The van der Waals surface area contributed by atoms with E-state index in [1.165, 1.54) is 0 Å². The molecule has 1 aromatic carbocycles. The Balaban J connectivity index is 2.15. The highest BCUT2D eigenvalue weighted by Crippen LogP contribution is 2.44. The highest BCUT2D eigenvalue weighted by molar-refractivity contribution is 7.89. The maximum Gasteiger partial charge on any atom is 0.240 e. The van der Waals surface area contributed by atoms with E-state index in [2.05, 4.69) is 11.6 Å². The molecule has 1 fully saturated rings. The smallest absolute Gasteiger partial charge is 0.240 e. The first kappa shape index (κ1) is 13.5. The molecule has 0 saturated heterocycles. The molecule has 0 bridgehead atoms. The number of nitrogens with two attached hydrogens (primary N) is 1. The van der Waals surface area contributed by atoms with Gasteiger partial charge in [-0.3, -0.25) is 0 Å². The van der Waals surface area contributed by atoms with Gasteiger partial charge in [-0.2, -0.15) is 0 Å². The second kappa shape index (κ2) is 4.64. The van der Waals surface area contributed by atoms with Crippen LogP contribution in [0, 0.1) is 5.41 Å². The molecular weight excluding hydrogens is 248 g/mol. The minimum absolute atomic E-state index is 0.159. The number of sulfonamides is 1. The molecule has 0 heterocycles. The van der Waals surface area contributed by atoms with E-state index in [1.807, 2.05) is 13.0 Å². The molecule has 1 aliphatic rings. The van der Waals surface area contributed by atoms with Crippen molar-refractivity contribution in [1.29, 1.82) is 0 Å². The molecule has 1 aliphatic carbocycles. The standard InChI is InChI=1S/C13H20N2O2S/c1-10(14)11-4-3-5-12(8-11)18(16,17)15-9-13(2)6-7-13/h3-5,8,10,15H,6-7,9,14H2,1-2H3. The summed E-state index contributed by atoms with van der Waals surface area (Å²) in [6.07, 6.45) is 2.19. The summed E-state index contributed by atoms with van der Waals surface area (Å²) in [6, 6.07) is 6.64. The number of hydrogen-bond acceptors (Lipinski definition) is 3. The largest absolute Gasteiger partial charge is 0.324 e. The van der Waals surface area contributed by atoms with Gasteiger partial charge in [0.05, 0.1) is 4.90 Å². The Labute approximate surface area is 109 Å². The van der Waals surface area contributed by atoms with Gasteiger partial charge < -0.3 is 5.73 Å². The van der Waals surface area contributed by atoms with Crippen molar-refractivity contribution in [2.45, 2.75) is 37.6 Å². The fourth-order valence-electron chi connectivity index (χ4n) is 1.71. The van der Waals surface area contributed by atoms with Gasteiger partial charge in [0, 0.05) is 12.6 Å². The van der Waals surface area contributed by atoms with Gasteiger partial charge in [0.2, 0.25) is 10.0 Å². The van der Waals surface area contributed by atoms with Crippen LogP contribution in [-0.4, -0.2) is 15.0 Å². The van der Waals surface area contributed by atoms with E-state index in [0.717, 1.165) is 18.4 Å². The fraction of sp³-hybridized carbons (Fsp3) is 0.538. The van der Waals surface area contributed by atoms with Crippen LogP contribution in [0.3, 0.4) is 0 Å². The predicted octanol–water partition coefficient (Wildman–Crippen LogP) is 1.78. The van der Waals surface area contributed by atoms with Crippen LogP contribution in [0.5, 0.6) is 0 Å². The van der Waals surface area contributed by atoms with E-state index in [4.69, 9.17) is 5.73 Å². The summed E-state index contributed by atoms with van der Waals surface area (Å²) in [4.78, 5) is 0.293. The lowest BCUT2D eigenvalue weighted by molar-refractivity contribution is 0.530. The number of hydrogen-bond donors (Lipinski definition) is 2. The highest BCUT2D eigenvalue weighted by Gasteiger charge is 2.38. The van der Waals surface area contributed by atoms with Gasteiger partial charge in [-0.15, -0.1) is 0 Å². The zero-order chi connectivity index (χ0) is 13.4. The molecule has 1 unspecified atom stereocenters. The van der Waals surface area contributed by atoms with Crippen molar-refractivity contribution in [3.05, 3.63) is 29.8 Å². The third-order valence-electron chi connectivity index (χ3n) is 3.49. The molecule has 0 aromatic heterocycles. The van der Waals surface area contributed by atoms with Crippen molar-refractivity contribution in [2.24, 2.45) is 11.1 Å². The number of nitrogens with one attached hydrogen (secondary N) is 1. The maximum absolute atomic E-state index is 12.1. The number of benzene rings is 1. The van der Waals surface area contributed by atoms with Crippen LogP contribution >= 0.6 is 0 Å². The van der Waals surface area contributed by atoms with Crippen molar-refractivity contribution in [3.63, 3.8) is 0 Å². The Bertz CT molecular complexity index is 534. The summed E-state index contributed by atoms with van der Waals surface area (Å²) in [6.45, 7) is 4.44. The summed E-state index contributed by atoms with van der Waals surface area (Å²) < 4.78 is 26.9. The molecular formula is C13H20N2O2S. The summed E-state index contributed by atoms with van der Waals surface area (Å²) in [7, 11) is -3.42. The lowest BCUT2D eigenvalue weighted by atomic mass is 10.1. The average Bonchev–Trinajstić information content (AvgIpc) is 3.06.